The van der Waals surface area contributed by atoms with Crippen molar-refractivity contribution in [2.75, 3.05) is 7.11 Å². The van der Waals surface area contributed by atoms with Crippen molar-refractivity contribution in [3.05, 3.63) is 0 Å². The fourth-order valence-electron chi connectivity index (χ4n) is 1.90. The first-order chi connectivity index (χ1) is 7.72. The van der Waals surface area contributed by atoms with E-state index in [0.717, 1.165) is 12.8 Å². The maximum atomic E-state index is 11.1. The van der Waals surface area contributed by atoms with E-state index in [1.807, 2.05) is 6.92 Å². The molecule has 0 rings (SSSR count). The third kappa shape index (κ3) is 8.75. The van der Waals surface area contributed by atoms with Crippen molar-refractivity contribution in [1.29, 1.82) is 0 Å². The second-order valence-electron chi connectivity index (χ2n) is 4.69. The maximum absolute atomic E-state index is 11.1. The van der Waals surface area contributed by atoms with Crippen molar-refractivity contribution in [2.24, 2.45) is 5.92 Å². The van der Waals surface area contributed by atoms with Gasteiger partial charge in [-0.25, -0.2) is 0 Å². The zero-order valence-electron chi connectivity index (χ0n) is 11.3. The van der Waals surface area contributed by atoms with Crippen molar-refractivity contribution in [3.8, 4) is 0 Å². The average molecular weight is 228 g/mol. The zero-order valence-corrected chi connectivity index (χ0v) is 11.3. The molecule has 0 aliphatic rings. The van der Waals surface area contributed by atoms with Crippen LogP contribution in [0.15, 0.2) is 0 Å². The van der Waals surface area contributed by atoms with Gasteiger partial charge in [0, 0.05) is 0 Å². The molecule has 0 amide bonds. The van der Waals surface area contributed by atoms with Gasteiger partial charge in [-0.1, -0.05) is 65.2 Å². The lowest BCUT2D eigenvalue weighted by Gasteiger charge is -2.08. The number of carbonyl (C=O) groups is 1. The van der Waals surface area contributed by atoms with Gasteiger partial charge in [0.2, 0.25) is 0 Å². The van der Waals surface area contributed by atoms with Gasteiger partial charge in [-0.3, -0.25) is 4.79 Å². The molecule has 0 N–H and O–H groups in total. The van der Waals surface area contributed by atoms with E-state index in [0.29, 0.717) is 0 Å². The molecule has 96 valence electrons. The van der Waals surface area contributed by atoms with Crippen LogP contribution in [0.5, 0.6) is 0 Å². The molecule has 2 nitrogen and oxygen atoms in total. The predicted molar refractivity (Wildman–Crippen MR) is 68.4 cm³/mol. The highest BCUT2D eigenvalue weighted by atomic mass is 16.5. The summed E-state index contributed by atoms with van der Waals surface area (Å²) in [6.45, 7) is 4.20. The van der Waals surface area contributed by atoms with Crippen LogP contribution in [0.3, 0.4) is 0 Å². The number of methoxy groups -OCH3 is 1. The summed E-state index contributed by atoms with van der Waals surface area (Å²) in [7, 11) is 1.46. The van der Waals surface area contributed by atoms with Crippen molar-refractivity contribution in [3.63, 3.8) is 0 Å². The van der Waals surface area contributed by atoms with Gasteiger partial charge in [0.05, 0.1) is 13.0 Å². The summed E-state index contributed by atoms with van der Waals surface area (Å²) < 4.78 is 4.70. The molecule has 0 saturated heterocycles. The lowest BCUT2D eigenvalue weighted by Crippen LogP contribution is -2.12. The first-order valence-corrected chi connectivity index (χ1v) is 6.80. The van der Waals surface area contributed by atoms with Gasteiger partial charge in [-0.2, -0.15) is 0 Å². The number of carbonyl (C=O) groups excluding carboxylic acids is 1. The fraction of sp³-hybridized carbons (Fsp3) is 0.929. The quantitative estimate of drug-likeness (QED) is 0.411. The molecular formula is C14H28O2. The Hall–Kier alpha value is -0.530. The van der Waals surface area contributed by atoms with Gasteiger partial charge in [-0.15, -0.1) is 0 Å². The van der Waals surface area contributed by atoms with E-state index in [9.17, 15) is 4.79 Å². The van der Waals surface area contributed by atoms with E-state index in [2.05, 4.69) is 6.92 Å². The number of rotatable bonds is 10. The Morgan fingerprint density at radius 1 is 1.00 bits per heavy atom. The third-order valence-electron chi connectivity index (χ3n) is 3.09. The first kappa shape index (κ1) is 15.5. The number of hydrogen-bond donors (Lipinski definition) is 0. The minimum absolute atomic E-state index is 0.0667. The molecule has 0 aromatic rings. The second-order valence-corrected chi connectivity index (χ2v) is 4.69. The van der Waals surface area contributed by atoms with Gasteiger partial charge in [0.15, 0.2) is 0 Å². The smallest absolute Gasteiger partial charge is 0.308 e. The molecule has 0 aromatic heterocycles. The van der Waals surface area contributed by atoms with E-state index in [4.69, 9.17) is 4.74 Å². The molecule has 0 spiro atoms. The minimum atomic E-state index is -0.0667. The molecule has 16 heavy (non-hydrogen) atoms. The lowest BCUT2D eigenvalue weighted by molar-refractivity contribution is -0.145. The van der Waals surface area contributed by atoms with Crippen LogP contribution < -0.4 is 0 Å². The van der Waals surface area contributed by atoms with Crippen molar-refractivity contribution < 1.29 is 9.53 Å². The van der Waals surface area contributed by atoms with Crippen LogP contribution in [0.1, 0.15) is 71.6 Å². The Morgan fingerprint density at radius 3 is 2.00 bits per heavy atom. The summed E-state index contributed by atoms with van der Waals surface area (Å²) >= 11 is 0. The molecule has 0 fully saturated rings. The van der Waals surface area contributed by atoms with E-state index in [1.165, 1.54) is 52.1 Å². The van der Waals surface area contributed by atoms with Crippen LogP contribution in [0.2, 0.25) is 0 Å². The molecule has 2 heteroatoms. The Labute approximate surface area is 101 Å². The van der Waals surface area contributed by atoms with Gasteiger partial charge < -0.3 is 4.74 Å². The summed E-state index contributed by atoms with van der Waals surface area (Å²) in [5.74, 6) is 0.00744. The highest BCUT2D eigenvalue weighted by Gasteiger charge is 2.11. The average Bonchev–Trinajstić information content (AvgIpc) is 2.31. The molecule has 0 saturated carbocycles. The number of ether oxygens (including phenoxy) is 1. The van der Waals surface area contributed by atoms with Gasteiger partial charge >= 0.3 is 5.97 Å². The lowest BCUT2D eigenvalue weighted by atomic mass is 10.0. The highest BCUT2D eigenvalue weighted by Crippen LogP contribution is 2.13. The maximum Gasteiger partial charge on any atom is 0.308 e. The van der Waals surface area contributed by atoms with Crippen molar-refractivity contribution >= 4 is 5.97 Å². The monoisotopic (exact) mass is 228 g/mol. The molecule has 0 aromatic carbocycles. The van der Waals surface area contributed by atoms with E-state index >= 15 is 0 Å². The van der Waals surface area contributed by atoms with Gasteiger partial charge in [0.1, 0.15) is 0 Å². The fourth-order valence-corrected chi connectivity index (χ4v) is 1.90. The number of hydrogen-bond acceptors (Lipinski definition) is 2. The highest BCUT2D eigenvalue weighted by molar-refractivity contribution is 5.71. The van der Waals surface area contributed by atoms with Crippen molar-refractivity contribution in [2.45, 2.75) is 71.6 Å². The van der Waals surface area contributed by atoms with Crippen LogP contribution >= 0.6 is 0 Å². The molecule has 0 radical (unpaired) electrons. The van der Waals surface area contributed by atoms with Crippen molar-refractivity contribution in [1.82, 2.24) is 0 Å². The summed E-state index contributed by atoms with van der Waals surface area (Å²) in [6.07, 6.45) is 11.5. The molecule has 0 heterocycles. The van der Waals surface area contributed by atoms with E-state index < -0.39 is 0 Å². The molecule has 0 aliphatic carbocycles. The SMILES string of the molecule is CCCCCCCCCC[C@@H](C)C(=O)OC. The summed E-state index contributed by atoms with van der Waals surface area (Å²) in [5, 5.41) is 0. The zero-order chi connectivity index (χ0) is 12.2. The Bertz CT molecular complexity index is 166. The number of esters is 1. The Morgan fingerprint density at radius 2 is 1.50 bits per heavy atom. The van der Waals surface area contributed by atoms with Gasteiger partial charge in [-0.05, 0) is 6.42 Å². The van der Waals surface area contributed by atoms with Gasteiger partial charge in [0.25, 0.3) is 0 Å². The van der Waals surface area contributed by atoms with Crippen LogP contribution in [-0.2, 0) is 9.53 Å². The Balaban J connectivity index is 3.17. The Kier molecular flexibility index (Phi) is 10.6. The summed E-state index contributed by atoms with van der Waals surface area (Å²) in [5.41, 5.74) is 0. The third-order valence-corrected chi connectivity index (χ3v) is 3.09. The van der Waals surface area contributed by atoms with E-state index in [1.54, 1.807) is 0 Å². The standard InChI is InChI=1S/C14H28O2/c1-4-5-6-7-8-9-10-11-12-13(2)14(15)16-3/h13H,4-12H2,1-3H3/t13-/m1/s1. The van der Waals surface area contributed by atoms with Crippen LogP contribution in [0, 0.1) is 5.92 Å². The second kappa shape index (κ2) is 11.0. The van der Waals surface area contributed by atoms with E-state index in [-0.39, 0.29) is 11.9 Å². The van der Waals surface area contributed by atoms with Crippen LogP contribution in [-0.4, -0.2) is 13.1 Å². The topological polar surface area (TPSA) is 26.3 Å². The molecule has 0 aliphatic heterocycles. The normalized spacial score (nSPS) is 12.4. The minimum Gasteiger partial charge on any atom is -0.469 e. The number of unbranched alkanes of at least 4 members (excludes halogenated alkanes) is 7. The summed E-state index contributed by atoms with van der Waals surface area (Å²) in [6, 6.07) is 0. The molecule has 0 bridgehead atoms. The largest absolute Gasteiger partial charge is 0.469 e. The summed E-state index contributed by atoms with van der Waals surface area (Å²) in [4.78, 5) is 11.1. The van der Waals surface area contributed by atoms with Crippen LogP contribution in [0.4, 0.5) is 0 Å². The first-order valence-electron chi connectivity index (χ1n) is 6.80. The predicted octanol–water partition coefficient (Wildman–Crippen LogP) is 4.33. The van der Waals surface area contributed by atoms with Crippen LogP contribution in [0.25, 0.3) is 0 Å². The molecule has 1 atom stereocenters. The molecule has 0 unspecified atom stereocenters. The molecular weight excluding hydrogens is 200 g/mol.